The molecule has 2 heterocycles. The van der Waals surface area contributed by atoms with Crippen LogP contribution in [0.5, 0.6) is 5.75 Å². The number of esters is 1. The Kier molecular flexibility index (Phi) is 5.49. The fourth-order valence-electron chi connectivity index (χ4n) is 1.97. The van der Waals surface area contributed by atoms with Crippen LogP contribution in [0.15, 0.2) is 51.3 Å². The highest BCUT2D eigenvalue weighted by Gasteiger charge is 2.11. The van der Waals surface area contributed by atoms with Crippen molar-refractivity contribution in [2.75, 3.05) is 18.3 Å². The van der Waals surface area contributed by atoms with Crippen LogP contribution in [0.25, 0.3) is 0 Å². The van der Waals surface area contributed by atoms with E-state index in [9.17, 15) is 4.79 Å². The van der Waals surface area contributed by atoms with Crippen molar-refractivity contribution in [3.8, 4) is 5.75 Å². The maximum Gasteiger partial charge on any atom is 0.373 e. The Bertz CT molecular complexity index is 902. The minimum Gasteiger partial charge on any atom is -0.486 e. The first kappa shape index (κ1) is 17.5. The molecule has 0 aliphatic carbocycles. The first-order valence-corrected chi connectivity index (χ1v) is 8.42. The van der Waals surface area contributed by atoms with Crippen LogP contribution in [0.3, 0.4) is 0 Å². The molecule has 0 saturated carbocycles. The van der Waals surface area contributed by atoms with Gasteiger partial charge in [0.25, 0.3) is 0 Å². The number of hydrogen-bond donors (Lipinski definition) is 2. The van der Waals surface area contributed by atoms with E-state index in [0.29, 0.717) is 22.5 Å². The third kappa shape index (κ3) is 4.61. The van der Waals surface area contributed by atoms with Crippen molar-refractivity contribution in [1.82, 2.24) is 4.98 Å². The lowest BCUT2D eigenvalue weighted by atomic mass is 10.2. The number of anilines is 2. The molecule has 134 valence electrons. The van der Waals surface area contributed by atoms with E-state index in [4.69, 9.17) is 14.9 Å². The van der Waals surface area contributed by atoms with Gasteiger partial charge in [-0.3, -0.25) is 5.43 Å². The molecule has 0 fully saturated rings. The van der Waals surface area contributed by atoms with E-state index in [-0.39, 0.29) is 12.4 Å². The lowest BCUT2D eigenvalue weighted by Gasteiger charge is -2.04. The predicted octanol–water partition coefficient (Wildman–Crippen LogP) is 3.13. The van der Waals surface area contributed by atoms with Gasteiger partial charge < -0.3 is 19.6 Å². The first-order chi connectivity index (χ1) is 12.6. The minimum atomic E-state index is -0.520. The molecule has 0 atom stereocenters. The Labute approximate surface area is 153 Å². The number of aromatic nitrogens is 1. The van der Waals surface area contributed by atoms with Gasteiger partial charge in [0.05, 0.1) is 13.3 Å². The zero-order valence-electron chi connectivity index (χ0n) is 13.8. The number of ether oxygens (including phenoxy) is 2. The fraction of sp³-hybridized carbons (Fsp3) is 0.118. The quantitative estimate of drug-likeness (QED) is 0.372. The summed E-state index contributed by atoms with van der Waals surface area (Å²) in [6, 6.07) is 10.6. The van der Waals surface area contributed by atoms with Gasteiger partial charge in [-0.15, -0.1) is 11.3 Å². The largest absolute Gasteiger partial charge is 0.486 e. The summed E-state index contributed by atoms with van der Waals surface area (Å²) >= 11 is 1.38. The van der Waals surface area contributed by atoms with Crippen LogP contribution in [0.2, 0.25) is 0 Å². The van der Waals surface area contributed by atoms with E-state index in [0.717, 1.165) is 5.56 Å². The molecule has 0 aliphatic heterocycles. The standard InChI is InChI=1S/C17H16N4O4S/c1-23-16(22)14-7-6-13(25-14)9-24-12-4-2-11(3-5-12)8-19-21-17-20-15(18)10-26-17/h2-8,10H,9,18H2,1H3,(H,20,21). The molecule has 0 unspecified atom stereocenters. The Balaban J connectivity index is 1.51. The van der Waals surface area contributed by atoms with E-state index in [1.165, 1.54) is 18.4 Å². The molecule has 0 amide bonds. The first-order valence-electron chi connectivity index (χ1n) is 7.54. The molecule has 8 nitrogen and oxygen atoms in total. The predicted molar refractivity (Wildman–Crippen MR) is 98.6 cm³/mol. The molecule has 0 saturated heterocycles. The highest BCUT2D eigenvalue weighted by atomic mass is 32.1. The maximum absolute atomic E-state index is 11.3. The van der Waals surface area contributed by atoms with E-state index >= 15 is 0 Å². The molecule has 2 aromatic heterocycles. The average molecular weight is 372 g/mol. The summed E-state index contributed by atoms with van der Waals surface area (Å²) in [7, 11) is 1.30. The normalized spacial score (nSPS) is 10.8. The lowest BCUT2D eigenvalue weighted by Crippen LogP contribution is -1.99. The van der Waals surface area contributed by atoms with Crippen LogP contribution in [0.4, 0.5) is 10.9 Å². The summed E-state index contributed by atoms with van der Waals surface area (Å²) in [4.78, 5) is 15.4. The monoisotopic (exact) mass is 372 g/mol. The summed E-state index contributed by atoms with van der Waals surface area (Å²) in [6.07, 6.45) is 1.66. The molecular weight excluding hydrogens is 356 g/mol. The highest BCUT2D eigenvalue weighted by Crippen LogP contribution is 2.17. The van der Waals surface area contributed by atoms with Crippen LogP contribution >= 0.6 is 11.3 Å². The van der Waals surface area contributed by atoms with Gasteiger partial charge in [-0.25, -0.2) is 9.78 Å². The summed E-state index contributed by atoms with van der Waals surface area (Å²) in [5.41, 5.74) is 9.23. The van der Waals surface area contributed by atoms with Crippen molar-refractivity contribution in [3.05, 3.63) is 58.9 Å². The van der Waals surface area contributed by atoms with Crippen molar-refractivity contribution < 1.29 is 18.7 Å². The van der Waals surface area contributed by atoms with Gasteiger partial charge in [0.1, 0.15) is 23.9 Å². The molecule has 26 heavy (non-hydrogen) atoms. The van der Waals surface area contributed by atoms with E-state index in [1.54, 1.807) is 23.7 Å². The number of benzene rings is 1. The highest BCUT2D eigenvalue weighted by molar-refractivity contribution is 7.14. The number of hydrogen-bond acceptors (Lipinski definition) is 9. The number of rotatable bonds is 7. The molecule has 0 spiro atoms. The molecular formula is C17H16N4O4S. The van der Waals surface area contributed by atoms with Crippen molar-refractivity contribution in [2.24, 2.45) is 5.10 Å². The van der Waals surface area contributed by atoms with Crippen LogP contribution in [-0.2, 0) is 11.3 Å². The molecule has 1 aromatic carbocycles. The number of nitrogens with one attached hydrogen (secondary N) is 1. The number of thiazole rings is 1. The van der Waals surface area contributed by atoms with Gasteiger partial charge in [-0.1, -0.05) is 0 Å². The SMILES string of the molecule is COC(=O)c1ccc(COc2ccc(C=NNc3nc(N)cs3)cc2)o1. The molecule has 3 N–H and O–H groups in total. The topological polar surface area (TPSA) is 112 Å². The Hall–Kier alpha value is -3.33. The zero-order chi connectivity index (χ0) is 18.4. The smallest absolute Gasteiger partial charge is 0.373 e. The number of nitrogens with two attached hydrogens (primary N) is 1. The van der Waals surface area contributed by atoms with Gasteiger partial charge >= 0.3 is 5.97 Å². The summed E-state index contributed by atoms with van der Waals surface area (Å²) in [6.45, 7) is 0.206. The number of nitrogens with zero attached hydrogens (tertiary/aromatic N) is 2. The third-order valence-electron chi connectivity index (χ3n) is 3.21. The number of nitrogen functional groups attached to an aromatic ring is 1. The number of methoxy groups -OCH3 is 1. The Morgan fingerprint density at radius 1 is 1.35 bits per heavy atom. The molecule has 3 aromatic rings. The molecule has 9 heteroatoms. The summed E-state index contributed by atoms with van der Waals surface area (Å²) in [5.74, 6) is 1.28. The fourth-order valence-corrected chi connectivity index (χ4v) is 2.52. The van der Waals surface area contributed by atoms with Crippen molar-refractivity contribution in [2.45, 2.75) is 6.61 Å². The number of carbonyl (C=O) groups is 1. The van der Waals surface area contributed by atoms with Crippen molar-refractivity contribution in [1.29, 1.82) is 0 Å². The van der Waals surface area contributed by atoms with Crippen LogP contribution < -0.4 is 15.9 Å². The van der Waals surface area contributed by atoms with Gasteiger partial charge in [0.2, 0.25) is 10.9 Å². The average Bonchev–Trinajstić information content (AvgIpc) is 3.29. The van der Waals surface area contributed by atoms with Crippen LogP contribution in [0.1, 0.15) is 21.9 Å². The van der Waals surface area contributed by atoms with Gasteiger partial charge in [0.15, 0.2) is 0 Å². The zero-order valence-corrected chi connectivity index (χ0v) is 14.7. The van der Waals surface area contributed by atoms with E-state index < -0.39 is 5.97 Å². The Morgan fingerprint density at radius 3 is 2.85 bits per heavy atom. The van der Waals surface area contributed by atoms with Crippen molar-refractivity contribution in [3.63, 3.8) is 0 Å². The van der Waals surface area contributed by atoms with Crippen LogP contribution in [0, 0.1) is 0 Å². The van der Waals surface area contributed by atoms with Gasteiger partial charge in [-0.05, 0) is 42.0 Å². The number of carbonyl (C=O) groups excluding carboxylic acids is 1. The second-order valence-electron chi connectivity index (χ2n) is 5.06. The Morgan fingerprint density at radius 2 is 2.15 bits per heavy atom. The maximum atomic E-state index is 11.3. The lowest BCUT2D eigenvalue weighted by molar-refractivity contribution is 0.0561. The van der Waals surface area contributed by atoms with Crippen LogP contribution in [-0.4, -0.2) is 24.3 Å². The van der Waals surface area contributed by atoms with E-state index in [2.05, 4.69) is 20.2 Å². The van der Waals surface area contributed by atoms with E-state index in [1.807, 2.05) is 24.3 Å². The van der Waals surface area contributed by atoms with Crippen molar-refractivity contribution >= 4 is 34.5 Å². The third-order valence-corrected chi connectivity index (χ3v) is 3.97. The molecule has 0 aliphatic rings. The molecule has 3 rings (SSSR count). The molecule has 0 radical (unpaired) electrons. The molecule has 0 bridgehead atoms. The second-order valence-corrected chi connectivity index (χ2v) is 5.92. The van der Waals surface area contributed by atoms with Gasteiger partial charge in [-0.2, -0.15) is 5.10 Å². The van der Waals surface area contributed by atoms with Gasteiger partial charge in [0, 0.05) is 5.38 Å². The minimum absolute atomic E-state index is 0.146. The number of hydrazone groups is 1. The summed E-state index contributed by atoms with van der Waals surface area (Å²) < 4.78 is 15.5. The number of furan rings is 1. The summed E-state index contributed by atoms with van der Waals surface area (Å²) in [5, 5.41) is 6.46. The second kappa shape index (κ2) is 8.17.